The van der Waals surface area contributed by atoms with Gasteiger partial charge in [0, 0.05) is 67.3 Å². The molecule has 3 amide bonds. The first-order valence-electron chi connectivity index (χ1n) is 21.5. The smallest absolute Gasteiger partial charge is 0.410 e. The second kappa shape index (κ2) is 13.5. The van der Waals surface area contributed by atoms with E-state index in [1.54, 1.807) is 11.9 Å². The van der Waals surface area contributed by atoms with Crippen molar-refractivity contribution in [2.75, 3.05) is 43.4 Å². The molecule has 2 aromatic carbocycles. The van der Waals surface area contributed by atoms with E-state index in [9.17, 15) is 9.59 Å². The summed E-state index contributed by atoms with van der Waals surface area (Å²) < 4.78 is 7.96. The lowest BCUT2D eigenvalue weighted by Gasteiger charge is -2.49. The second-order valence-corrected chi connectivity index (χ2v) is 19.2. The van der Waals surface area contributed by atoms with Crippen LogP contribution in [0.1, 0.15) is 113 Å². The number of nitrogens with zero attached hydrogens (tertiary/aromatic N) is 6. The van der Waals surface area contributed by atoms with Crippen molar-refractivity contribution in [3.8, 4) is 11.3 Å². The summed E-state index contributed by atoms with van der Waals surface area (Å²) in [5.74, 6) is 0.714. The van der Waals surface area contributed by atoms with E-state index in [1.807, 2.05) is 52.2 Å². The zero-order valence-electron chi connectivity index (χ0n) is 34.6. The van der Waals surface area contributed by atoms with Gasteiger partial charge in [0.1, 0.15) is 11.1 Å². The fourth-order valence-corrected chi connectivity index (χ4v) is 10.3. The molecule has 5 fully saturated rings. The topological polar surface area (TPSA) is 125 Å². The Kier molecular flexibility index (Phi) is 8.71. The normalized spacial score (nSPS) is 23.6. The van der Waals surface area contributed by atoms with E-state index in [-0.39, 0.29) is 23.9 Å². The lowest BCUT2D eigenvalue weighted by Crippen LogP contribution is -2.59. The summed E-state index contributed by atoms with van der Waals surface area (Å²) >= 11 is 0. The molecule has 0 atom stereocenters. The number of ether oxygens (including phenoxy) is 1. The molecule has 2 saturated heterocycles. The third-order valence-corrected chi connectivity index (χ3v) is 14.0. The minimum absolute atomic E-state index is 0.129. The van der Waals surface area contributed by atoms with Crippen molar-refractivity contribution in [1.82, 2.24) is 29.7 Å². The molecule has 2 spiro atoms. The summed E-state index contributed by atoms with van der Waals surface area (Å²) in [5.41, 5.74) is 7.05. The van der Waals surface area contributed by atoms with Crippen LogP contribution in [0, 0.1) is 12.3 Å². The SMILES string of the molecule is CNC(=O)c1cc(Nc2nc(-c3ccc4c(c3)N(C3CC(N5CCCC6(CC6)C5)C3)C(=O)C43CCN(C(=O)OC(C)(C)C)CC3)cc3ncn(C4CC4)c23)ccc1C. The van der Waals surface area contributed by atoms with Crippen molar-refractivity contribution < 1.29 is 19.1 Å². The zero-order chi connectivity index (χ0) is 40.1. The van der Waals surface area contributed by atoms with E-state index >= 15 is 4.79 Å². The molecule has 304 valence electrons. The van der Waals surface area contributed by atoms with E-state index in [0.717, 1.165) is 77.0 Å². The van der Waals surface area contributed by atoms with Crippen molar-refractivity contribution in [3.63, 3.8) is 0 Å². The second-order valence-electron chi connectivity index (χ2n) is 19.2. The number of anilines is 3. The molecular weight excluding hydrogens is 729 g/mol. The predicted octanol–water partition coefficient (Wildman–Crippen LogP) is 7.87. The quantitative estimate of drug-likeness (QED) is 0.194. The van der Waals surface area contributed by atoms with Crippen LogP contribution in [0.3, 0.4) is 0 Å². The van der Waals surface area contributed by atoms with Gasteiger partial charge in [0.05, 0.1) is 23.0 Å². The van der Waals surface area contributed by atoms with Gasteiger partial charge >= 0.3 is 6.09 Å². The highest BCUT2D eigenvalue weighted by molar-refractivity contribution is 6.09. The van der Waals surface area contributed by atoms with Crippen LogP contribution in [0.2, 0.25) is 0 Å². The van der Waals surface area contributed by atoms with E-state index in [2.05, 4.69) is 49.3 Å². The number of hydrogen-bond donors (Lipinski definition) is 2. The molecule has 3 aliphatic carbocycles. The maximum atomic E-state index is 15.1. The van der Waals surface area contributed by atoms with Gasteiger partial charge < -0.3 is 29.7 Å². The molecule has 2 N–H and O–H groups in total. The highest BCUT2D eigenvalue weighted by Crippen LogP contribution is 2.55. The van der Waals surface area contributed by atoms with Gasteiger partial charge in [0.15, 0.2) is 5.82 Å². The first-order chi connectivity index (χ1) is 27.8. The van der Waals surface area contributed by atoms with Crippen LogP contribution in [-0.2, 0) is 14.9 Å². The largest absolute Gasteiger partial charge is 0.444 e. The van der Waals surface area contributed by atoms with Gasteiger partial charge in [0.2, 0.25) is 5.91 Å². The number of rotatable bonds is 7. The van der Waals surface area contributed by atoms with Crippen LogP contribution in [-0.4, -0.2) is 93.2 Å². The molecule has 6 aliphatic rings. The monoisotopic (exact) mass is 784 g/mol. The lowest BCUT2D eigenvalue weighted by molar-refractivity contribution is -0.126. The first kappa shape index (κ1) is 37.3. The van der Waals surface area contributed by atoms with Crippen molar-refractivity contribution in [3.05, 3.63) is 65.5 Å². The highest BCUT2D eigenvalue weighted by Gasteiger charge is 2.57. The Balaban J connectivity index is 1.00. The average Bonchev–Trinajstić information content (AvgIpc) is 4.12. The van der Waals surface area contributed by atoms with E-state index in [0.29, 0.717) is 54.8 Å². The summed E-state index contributed by atoms with van der Waals surface area (Å²) in [7, 11) is 1.64. The van der Waals surface area contributed by atoms with Gasteiger partial charge in [-0.05, 0) is 139 Å². The molecule has 0 bridgehead atoms. The highest BCUT2D eigenvalue weighted by atomic mass is 16.6. The summed E-state index contributed by atoms with van der Waals surface area (Å²) in [6.07, 6.45) is 12.3. The van der Waals surface area contributed by atoms with E-state index < -0.39 is 11.0 Å². The summed E-state index contributed by atoms with van der Waals surface area (Å²) in [6.45, 7) is 10.9. The molecule has 12 nitrogen and oxygen atoms in total. The Morgan fingerprint density at radius 2 is 1.69 bits per heavy atom. The van der Waals surface area contributed by atoms with Crippen LogP contribution in [0.5, 0.6) is 0 Å². The number of hydrogen-bond acceptors (Lipinski definition) is 8. The number of carbonyl (C=O) groups excluding carboxylic acids is 3. The molecule has 0 unspecified atom stereocenters. The number of imidazole rings is 1. The Hall–Kier alpha value is -4.97. The zero-order valence-corrected chi connectivity index (χ0v) is 34.6. The minimum Gasteiger partial charge on any atom is -0.444 e. The van der Waals surface area contributed by atoms with Crippen LogP contribution < -0.4 is 15.5 Å². The molecule has 5 heterocycles. The van der Waals surface area contributed by atoms with Gasteiger partial charge in [-0.15, -0.1) is 0 Å². The maximum absolute atomic E-state index is 15.1. The lowest BCUT2D eigenvalue weighted by atomic mass is 9.73. The van der Waals surface area contributed by atoms with E-state index in [4.69, 9.17) is 14.7 Å². The van der Waals surface area contributed by atoms with E-state index in [1.165, 1.54) is 32.2 Å². The van der Waals surface area contributed by atoms with Gasteiger partial charge in [-0.25, -0.2) is 14.8 Å². The van der Waals surface area contributed by atoms with Crippen LogP contribution in [0.4, 0.5) is 22.0 Å². The van der Waals surface area contributed by atoms with Gasteiger partial charge in [0.25, 0.3) is 5.91 Å². The van der Waals surface area contributed by atoms with Gasteiger partial charge in [-0.1, -0.05) is 18.2 Å². The van der Waals surface area contributed by atoms with Crippen molar-refractivity contribution in [2.45, 2.75) is 121 Å². The number of amides is 3. The molecule has 3 saturated carbocycles. The Bertz CT molecular complexity index is 2320. The number of nitrogens with one attached hydrogen (secondary N) is 2. The molecule has 58 heavy (non-hydrogen) atoms. The van der Waals surface area contributed by atoms with Gasteiger partial charge in [-0.3, -0.25) is 14.5 Å². The fourth-order valence-electron chi connectivity index (χ4n) is 10.3. The molecule has 0 radical (unpaired) electrons. The molecule has 10 rings (SSSR count). The van der Waals surface area contributed by atoms with Crippen LogP contribution in [0.15, 0.2) is 48.8 Å². The summed E-state index contributed by atoms with van der Waals surface area (Å²) in [5, 5.41) is 6.33. The first-order valence-corrected chi connectivity index (χ1v) is 21.5. The number of aryl methyl sites for hydroxylation is 1. The number of aromatic nitrogens is 3. The average molecular weight is 785 g/mol. The molecule has 4 aromatic rings. The third kappa shape index (κ3) is 6.42. The standard InChI is InChI=1S/C46H56N8O4/c1-28-7-9-30(22-34(28)41(55)47-5)49-40-39-37(48-27-53(39)31-10-11-31)25-36(50-40)29-8-12-35-38(21-29)54(33-23-32(24-33)52-18-6-13-45(26-52)14-15-45)42(56)46(35)16-19-51(20-17-46)43(57)58-44(2,3)4/h7-9,12,21-22,25,27,31-33H,6,10-11,13-20,23-24,26H2,1-5H3,(H,47,55)(H,49,50). The third-order valence-electron chi connectivity index (χ3n) is 14.0. The van der Waals surface area contributed by atoms with Crippen molar-refractivity contribution in [1.29, 1.82) is 0 Å². The Morgan fingerprint density at radius 1 is 0.914 bits per heavy atom. The minimum atomic E-state index is -0.693. The van der Waals surface area contributed by atoms with Crippen LogP contribution in [0.25, 0.3) is 22.3 Å². The number of benzene rings is 2. The number of likely N-dealkylation sites (tertiary alicyclic amines) is 2. The number of carbonyl (C=O) groups is 3. The summed E-state index contributed by atoms with van der Waals surface area (Å²) in [6, 6.07) is 15.3. The van der Waals surface area contributed by atoms with Crippen molar-refractivity contribution >= 4 is 46.1 Å². The number of piperidine rings is 2. The predicted molar refractivity (Wildman–Crippen MR) is 225 cm³/mol. The molecule has 12 heteroatoms. The van der Waals surface area contributed by atoms with Crippen molar-refractivity contribution in [2.24, 2.45) is 5.41 Å². The molecule has 3 aliphatic heterocycles. The number of pyridine rings is 1. The fraction of sp³-hybridized carbons (Fsp3) is 0.543. The molecule has 2 aromatic heterocycles. The van der Waals surface area contributed by atoms with Gasteiger partial charge in [-0.2, -0.15) is 0 Å². The Labute approximate surface area is 340 Å². The molecular formula is C46H56N8O4. The Morgan fingerprint density at radius 3 is 2.40 bits per heavy atom. The maximum Gasteiger partial charge on any atom is 0.410 e. The number of fused-ring (bicyclic) bond motifs is 3. The summed E-state index contributed by atoms with van der Waals surface area (Å²) in [4.78, 5) is 57.7. The van der Waals surface area contributed by atoms with Crippen LogP contribution >= 0.6 is 0 Å².